The van der Waals surface area contributed by atoms with E-state index in [2.05, 4.69) is 4.98 Å². The number of esters is 1. The number of H-pyrrole nitrogens is 1. The molecule has 94 valence electrons. The molecular formula is C13H14N2O3. The van der Waals surface area contributed by atoms with Gasteiger partial charge in [0.2, 0.25) is 0 Å². The van der Waals surface area contributed by atoms with Crippen molar-refractivity contribution in [1.29, 1.82) is 0 Å². The van der Waals surface area contributed by atoms with E-state index in [9.17, 15) is 4.79 Å². The van der Waals surface area contributed by atoms with Crippen molar-refractivity contribution in [3.8, 4) is 5.75 Å². The fourth-order valence-electron chi connectivity index (χ4n) is 1.52. The molecule has 5 nitrogen and oxygen atoms in total. The second kappa shape index (κ2) is 5.27. The molecule has 0 saturated heterocycles. The van der Waals surface area contributed by atoms with E-state index in [1.165, 1.54) is 6.07 Å². The van der Waals surface area contributed by atoms with Crippen molar-refractivity contribution in [3.05, 3.63) is 47.8 Å². The molecule has 3 N–H and O–H groups in total. The number of hydrogen-bond donors (Lipinski definition) is 2. The van der Waals surface area contributed by atoms with Crippen LogP contribution in [0.4, 0.5) is 5.69 Å². The maximum atomic E-state index is 11.6. The first-order valence-electron chi connectivity index (χ1n) is 5.43. The van der Waals surface area contributed by atoms with Gasteiger partial charge in [-0.05, 0) is 23.8 Å². The van der Waals surface area contributed by atoms with Crippen LogP contribution in [0.1, 0.15) is 16.1 Å². The van der Waals surface area contributed by atoms with Crippen LogP contribution in [-0.4, -0.2) is 18.1 Å². The SMILES string of the molecule is COc1cccc(COC(=O)c2cc(N)c[nH]2)c1. The minimum Gasteiger partial charge on any atom is -0.497 e. The Hall–Kier alpha value is -2.43. The summed E-state index contributed by atoms with van der Waals surface area (Å²) in [6, 6.07) is 8.88. The third-order valence-electron chi connectivity index (χ3n) is 2.43. The zero-order chi connectivity index (χ0) is 13.0. The lowest BCUT2D eigenvalue weighted by atomic mass is 10.2. The minimum atomic E-state index is -0.436. The molecule has 2 rings (SSSR count). The van der Waals surface area contributed by atoms with E-state index >= 15 is 0 Å². The normalized spacial score (nSPS) is 10.1. The lowest BCUT2D eigenvalue weighted by Crippen LogP contribution is -2.05. The van der Waals surface area contributed by atoms with Crippen LogP contribution in [0.2, 0.25) is 0 Å². The third-order valence-corrected chi connectivity index (χ3v) is 2.43. The molecule has 5 heteroatoms. The van der Waals surface area contributed by atoms with Gasteiger partial charge in [-0.2, -0.15) is 0 Å². The van der Waals surface area contributed by atoms with Crippen molar-refractivity contribution in [2.45, 2.75) is 6.61 Å². The zero-order valence-electron chi connectivity index (χ0n) is 9.97. The van der Waals surface area contributed by atoms with Crippen molar-refractivity contribution >= 4 is 11.7 Å². The first kappa shape index (κ1) is 12.0. The maximum absolute atomic E-state index is 11.6. The molecule has 0 radical (unpaired) electrons. The fraction of sp³-hybridized carbons (Fsp3) is 0.154. The van der Waals surface area contributed by atoms with Crippen molar-refractivity contribution in [2.24, 2.45) is 0 Å². The summed E-state index contributed by atoms with van der Waals surface area (Å²) in [7, 11) is 1.59. The number of nitrogens with one attached hydrogen (secondary N) is 1. The molecule has 1 heterocycles. The Morgan fingerprint density at radius 1 is 1.39 bits per heavy atom. The highest BCUT2D eigenvalue weighted by Gasteiger charge is 2.09. The zero-order valence-corrected chi connectivity index (χ0v) is 9.97. The smallest absolute Gasteiger partial charge is 0.355 e. The van der Waals surface area contributed by atoms with Gasteiger partial charge in [0.05, 0.1) is 12.8 Å². The monoisotopic (exact) mass is 246 g/mol. The first-order chi connectivity index (χ1) is 8.69. The number of benzene rings is 1. The molecule has 0 spiro atoms. The van der Waals surface area contributed by atoms with Gasteiger partial charge in [0, 0.05) is 6.20 Å². The summed E-state index contributed by atoms with van der Waals surface area (Å²) in [5, 5.41) is 0. The average Bonchev–Trinajstić information content (AvgIpc) is 2.83. The number of rotatable bonds is 4. The lowest BCUT2D eigenvalue weighted by molar-refractivity contribution is 0.0466. The number of aromatic nitrogens is 1. The summed E-state index contributed by atoms with van der Waals surface area (Å²) in [6.07, 6.45) is 1.54. The number of ether oxygens (including phenoxy) is 2. The van der Waals surface area contributed by atoms with Crippen LogP contribution in [0.25, 0.3) is 0 Å². The van der Waals surface area contributed by atoms with Crippen LogP contribution in [-0.2, 0) is 11.3 Å². The second-order valence-corrected chi connectivity index (χ2v) is 3.77. The highest BCUT2D eigenvalue weighted by atomic mass is 16.5. The molecule has 1 aromatic heterocycles. The Bertz CT molecular complexity index is 549. The highest BCUT2D eigenvalue weighted by Crippen LogP contribution is 2.14. The Morgan fingerprint density at radius 2 is 2.22 bits per heavy atom. The van der Waals surface area contributed by atoms with Crippen LogP contribution in [0, 0.1) is 0 Å². The molecule has 1 aromatic carbocycles. The molecule has 0 bridgehead atoms. The van der Waals surface area contributed by atoms with Gasteiger partial charge in [-0.3, -0.25) is 0 Å². The second-order valence-electron chi connectivity index (χ2n) is 3.77. The van der Waals surface area contributed by atoms with E-state index in [4.69, 9.17) is 15.2 Å². The molecule has 0 amide bonds. The number of nitrogen functional groups attached to an aromatic ring is 1. The van der Waals surface area contributed by atoms with E-state index in [0.717, 1.165) is 11.3 Å². The molecule has 0 aliphatic rings. The number of carbonyl (C=O) groups is 1. The Morgan fingerprint density at radius 3 is 2.89 bits per heavy atom. The molecule has 0 fully saturated rings. The van der Waals surface area contributed by atoms with Gasteiger partial charge in [-0.25, -0.2) is 4.79 Å². The maximum Gasteiger partial charge on any atom is 0.355 e. The predicted molar refractivity (Wildman–Crippen MR) is 67.3 cm³/mol. The van der Waals surface area contributed by atoms with Crippen LogP contribution in [0.15, 0.2) is 36.5 Å². The summed E-state index contributed by atoms with van der Waals surface area (Å²) < 4.78 is 10.2. The molecule has 18 heavy (non-hydrogen) atoms. The number of hydrogen-bond acceptors (Lipinski definition) is 4. The largest absolute Gasteiger partial charge is 0.497 e. The molecule has 0 aliphatic heterocycles. The standard InChI is InChI=1S/C13H14N2O3/c1-17-11-4-2-3-9(5-11)8-18-13(16)12-6-10(14)7-15-12/h2-7,15H,8,14H2,1H3. The van der Waals surface area contributed by atoms with E-state index in [-0.39, 0.29) is 6.61 Å². The lowest BCUT2D eigenvalue weighted by Gasteiger charge is -2.05. The van der Waals surface area contributed by atoms with Crippen molar-refractivity contribution in [3.63, 3.8) is 0 Å². The highest BCUT2D eigenvalue weighted by molar-refractivity contribution is 5.88. The van der Waals surface area contributed by atoms with Gasteiger partial charge in [0.15, 0.2) is 0 Å². The summed E-state index contributed by atoms with van der Waals surface area (Å²) >= 11 is 0. The van der Waals surface area contributed by atoms with Gasteiger partial charge in [0.1, 0.15) is 18.1 Å². The molecule has 0 unspecified atom stereocenters. The van der Waals surface area contributed by atoms with Gasteiger partial charge >= 0.3 is 5.97 Å². The van der Waals surface area contributed by atoms with E-state index in [1.807, 2.05) is 24.3 Å². The summed E-state index contributed by atoms with van der Waals surface area (Å²) in [5.41, 5.74) is 7.22. The third kappa shape index (κ3) is 2.82. The predicted octanol–water partition coefficient (Wildman–Crippen LogP) is 1.96. The van der Waals surface area contributed by atoms with Crippen molar-refractivity contribution in [1.82, 2.24) is 4.98 Å². The number of methoxy groups -OCH3 is 1. The van der Waals surface area contributed by atoms with E-state index < -0.39 is 5.97 Å². The number of aromatic amines is 1. The van der Waals surface area contributed by atoms with Gasteiger partial charge in [0.25, 0.3) is 0 Å². The number of nitrogens with two attached hydrogens (primary N) is 1. The number of carbonyl (C=O) groups excluding carboxylic acids is 1. The molecule has 0 atom stereocenters. The fourth-order valence-corrected chi connectivity index (χ4v) is 1.52. The summed E-state index contributed by atoms with van der Waals surface area (Å²) in [4.78, 5) is 14.4. The molecule has 0 saturated carbocycles. The number of anilines is 1. The minimum absolute atomic E-state index is 0.189. The van der Waals surface area contributed by atoms with Crippen molar-refractivity contribution < 1.29 is 14.3 Å². The summed E-state index contributed by atoms with van der Waals surface area (Å²) in [6.45, 7) is 0.189. The Labute approximate surface area is 105 Å². The average molecular weight is 246 g/mol. The van der Waals surface area contributed by atoms with Gasteiger partial charge < -0.3 is 20.2 Å². The molecular weight excluding hydrogens is 232 g/mol. The Kier molecular flexibility index (Phi) is 3.52. The van der Waals surface area contributed by atoms with Gasteiger partial charge in [-0.1, -0.05) is 12.1 Å². The van der Waals surface area contributed by atoms with E-state index in [1.54, 1.807) is 13.3 Å². The van der Waals surface area contributed by atoms with Crippen LogP contribution >= 0.6 is 0 Å². The quantitative estimate of drug-likeness (QED) is 0.808. The van der Waals surface area contributed by atoms with Gasteiger partial charge in [-0.15, -0.1) is 0 Å². The van der Waals surface area contributed by atoms with Crippen LogP contribution < -0.4 is 10.5 Å². The first-order valence-corrected chi connectivity index (χ1v) is 5.43. The molecule has 0 aliphatic carbocycles. The van der Waals surface area contributed by atoms with E-state index in [0.29, 0.717) is 11.4 Å². The summed E-state index contributed by atoms with van der Waals surface area (Å²) in [5.74, 6) is 0.294. The molecule has 2 aromatic rings. The van der Waals surface area contributed by atoms with Crippen LogP contribution in [0.3, 0.4) is 0 Å². The van der Waals surface area contributed by atoms with Crippen molar-refractivity contribution in [2.75, 3.05) is 12.8 Å². The Balaban J connectivity index is 1.97. The topological polar surface area (TPSA) is 77.3 Å². The van der Waals surface area contributed by atoms with Crippen LogP contribution in [0.5, 0.6) is 5.75 Å².